The summed E-state index contributed by atoms with van der Waals surface area (Å²) in [4.78, 5) is 11.5. The number of hydrogen-bond acceptors (Lipinski definition) is 5. The molecule has 0 saturated carbocycles. The Labute approximate surface area is 145 Å². The fraction of sp³-hybridized carbons (Fsp3) is 0.118. The summed E-state index contributed by atoms with van der Waals surface area (Å²) in [6.45, 7) is 0. The molecule has 0 aliphatic carbocycles. The Bertz CT molecular complexity index is 762. The Morgan fingerprint density at radius 2 is 1.96 bits per heavy atom. The van der Waals surface area contributed by atoms with Gasteiger partial charge in [0, 0.05) is 11.3 Å². The van der Waals surface area contributed by atoms with E-state index in [1.807, 2.05) is 24.3 Å². The molecule has 0 fully saturated rings. The number of ether oxygens (including phenoxy) is 2. The molecule has 0 aromatic heterocycles. The fourth-order valence-corrected chi connectivity index (χ4v) is 2.10. The summed E-state index contributed by atoms with van der Waals surface area (Å²) < 4.78 is 9.91. The predicted octanol–water partition coefficient (Wildman–Crippen LogP) is 2.80. The van der Waals surface area contributed by atoms with E-state index in [2.05, 4.69) is 20.6 Å². The van der Waals surface area contributed by atoms with Crippen molar-refractivity contribution in [3.8, 4) is 5.75 Å². The van der Waals surface area contributed by atoms with Crippen molar-refractivity contribution in [2.45, 2.75) is 0 Å². The molecule has 0 atom stereocenters. The van der Waals surface area contributed by atoms with E-state index in [9.17, 15) is 4.79 Å². The van der Waals surface area contributed by atoms with E-state index in [4.69, 9.17) is 17.0 Å². The first-order valence-electron chi connectivity index (χ1n) is 7.05. The number of hydrazone groups is 1. The number of nitrogens with zero attached hydrogens (tertiary/aromatic N) is 1. The number of benzene rings is 2. The third kappa shape index (κ3) is 4.79. The van der Waals surface area contributed by atoms with E-state index in [-0.39, 0.29) is 0 Å². The quantitative estimate of drug-likeness (QED) is 0.376. The van der Waals surface area contributed by atoms with Crippen LogP contribution in [0.15, 0.2) is 53.6 Å². The molecule has 7 heteroatoms. The second-order valence-electron chi connectivity index (χ2n) is 4.64. The zero-order chi connectivity index (χ0) is 17.4. The largest absolute Gasteiger partial charge is 0.496 e. The second-order valence-corrected chi connectivity index (χ2v) is 5.05. The van der Waals surface area contributed by atoms with Gasteiger partial charge in [0.1, 0.15) is 5.75 Å². The number of hydrogen-bond donors (Lipinski definition) is 2. The summed E-state index contributed by atoms with van der Waals surface area (Å²) in [6, 6.07) is 14.3. The topological polar surface area (TPSA) is 72.0 Å². The Kier molecular flexibility index (Phi) is 6.27. The highest BCUT2D eigenvalue weighted by Crippen LogP contribution is 2.14. The normalized spacial score (nSPS) is 10.2. The summed E-state index contributed by atoms with van der Waals surface area (Å²) >= 11 is 5.17. The van der Waals surface area contributed by atoms with Crippen molar-refractivity contribution in [1.29, 1.82) is 0 Å². The van der Waals surface area contributed by atoms with E-state index >= 15 is 0 Å². The maximum atomic E-state index is 11.5. The molecule has 0 unspecified atom stereocenters. The van der Waals surface area contributed by atoms with Crippen molar-refractivity contribution in [2.24, 2.45) is 5.10 Å². The summed E-state index contributed by atoms with van der Waals surface area (Å²) in [7, 11) is 2.93. The number of anilines is 1. The van der Waals surface area contributed by atoms with Crippen molar-refractivity contribution in [3.63, 3.8) is 0 Å². The predicted molar refractivity (Wildman–Crippen MR) is 97.7 cm³/mol. The maximum absolute atomic E-state index is 11.5. The average molecular weight is 343 g/mol. The van der Waals surface area contributed by atoms with Crippen LogP contribution in [0.1, 0.15) is 15.9 Å². The molecule has 124 valence electrons. The van der Waals surface area contributed by atoms with Crippen LogP contribution in [0, 0.1) is 0 Å². The highest BCUT2D eigenvalue weighted by atomic mass is 32.1. The van der Waals surface area contributed by atoms with E-state index in [1.165, 1.54) is 7.11 Å². The molecule has 0 heterocycles. The zero-order valence-corrected chi connectivity index (χ0v) is 14.1. The number of para-hydroxylation sites is 1. The molecule has 0 saturated heterocycles. The van der Waals surface area contributed by atoms with Crippen LogP contribution < -0.4 is 15.5 Å². The van der Waals surface area contributed by atoms with Gasteiger partial charge >= 0.3 is 5.97 Å². The number of esters is 1. The molecule has 2 rings (SSSR count). The van der Waals surface area contributed by atoms with Crippen LogP contribution in [0.4, 0.5) is 5.69 Å². The van der Waals surface area contributed by atoms with Gasteiger partial charge < -0.3 is 14.8 Å². The molecule has 0 radical (unpaired) electrons. The van der Waals surface area contributed by atoms with Crippen LogP contribution in [0.2, 0.25) is 0 Å². The van der Waals surface area contributed by atoms with Gasteiger partial charge in [0.05, 0.1) is 26.0 Å². The van der Waals surface area contributed by atoms with Crippen molar-refractivity contribution in [2.75, 3.05) is 19.5 Å². The van der Waals surface area contributed by atoms with Gasteiger partial charge in [0.25, 0.3) is 0 Å². The second kappa shape index (κ2) is 8.64. The Hall–Kier alpha value is -2.93. The van der Waals surface area contributed by atoms with Crippen LogP contribution in [0.3, 0.4) is 0 Å². The van der Waals surface area contributed by atoms with Gasteiger partial charge in [-0.05, 0) is 42.5 Å². The molecular weight excluding hydrogens is 326 g/mol. The summed E-state index contributed by atoms with van der Waals surface area (Å²) in [6.07, 6.45) is 1.61. The van der Waals surface area contributed by atoms with Gasteiger partial charge in [-0.1, -0.05) is 18.2 Å². The first kappa shape index (κ1) is 17.4. The fourth-order valence-electron chi connectivity index (χ4n) is 1.93. The lowest BCUT2D eigenvalue weighted by Gasteiger charge is -2.08. The van der Waals surface area contributed by atoms with E-state index in [0.29, 0.717) is 22.1 Å². The van der Waals surface area contributed by atoms with Gasteiger partial charge in [-0.2, -0.15) is 5.10 Å². The van der Waals surface area contributed by atoms with Crippen LogP contribution in [0.5, 0.6) is 5.75 Å². The van der Waals surface area contributed by atoms with Crippen molar-refractivity contribution in [3.05, 3.63) is 59.7 Å². The van der Waals surface area contributed by atoms with Gasteiger partial charge in [-0.3, -0.25) is 5.43 Å². The maximum Gasteiger partial charge on any atom is 0.337 e. The van der Waals surface area contributed by atoms with Gasteiger partial charge in [-0.15, -0.1) is 0 Å². The molecule has 0 aliphatic rings. The molecular formula is C17H17N3O3S. The van der Waals surface area contributed by atoms with Crippen molar-refractivity contribution in [1.82, 2.24) is 5.43 Å². The minimum Gasteiger partial charge on any atom is -0.496 e. The third-order valence-electron chi connectivity index (χ3n) is 3.05. The summed E-state index contributed by atoms with van der Waals surface area (Å²) in [5.41, 5.74) is 4.62. The molecule has 24 heavy (non-hydrogen) atoms. The van der Waals surface area contributed by atoms with E-state index in [1.54, 1.807) is 37.6 Å². The van der Waals surface area contributed by atoms with Crippen molar-refractivity contribution >= 4 is 35.2 Å². The number of carbonyl (C=O) groups is 1. The molecule has 2 N–H and O–H groups in total. The van der Waals surface area contributed by atoms with E-state index in [0.717, 1.165) is 5.56 Å². The number of nitrogens with one attached hydrogen (secondary N) is 2. The van der Waals surface area contributed by atoms with Gasteiger partial charge in [-0.25, -0.2) is 4.79 Å². The minimum absolute atomic E-state index is 0.295. The smallest absolute Gasteiger partial charge is 0.337 e. The van der Waals surface area contributed by atoms with E-state index < -0.39 is 5.97 Å². The lowest BCUT2D eigenvalue weighted by molar-refractivity contribution is 0.0601. The van der Waals surface area contributed by atoms with Crippen LogP contribution >= 0.6 is 12.2 Å². The lowest BCUT2D eigenvalue weighted by Crippen LogP contribution is -2.24. The van der Waals surface area contributed by atoms with Gasteiger partial charge in [0.15, 0.2) is 5.11 Å². The highest BCUT2D eigenvalue weighted by molar-refractivity contribution is 7.80. The van der Waals surface area contributed by atoms with Crippen LogP contribution in [0.25, 0.3) is 0 Å². The number of thiocarbonyl (C=S) groups is 1. The Morgan fingerprint density at radius 3 is 2.71 bits per heavy atom. The number of methoxy groups -OCH3 is 2. The molecule has 2 aromatic rings. The number of rotatable bonds is 5. The lowest BCUT2D eigenvalue weighted by atomic mass is 10.2. The Balaban J connectivity index is 1.96. The standard InChI is InChI=1S/C17H17N3O3S/c1-22-15-9-4-3-6-13(15)11-18-20-17(24)19-14-8-5-7-12(10-14)16(21)23-2/h3-11H,1-2H3,(H2,19,20,24)/b18-11+. The molecule has 0 bridgehead atoms. The summed E-state index contributed by atoms with van der Waals surface area (Å²) in [5.74, 6) is 0.305. The first-order chi connectivity index (χ1) is 11.6. The zero-order valence-electron chi connectivity index (χ0n) is 13.3. The molecule has 6 nitrogen and oxygen atoms in total. The first-order valence-corrected chi connectivity index (χ1v) is 7.46. The molecule has 0 amide bonds. The van der Waals surface area contributed by atoms with Crippen LogP contribution in [-0.2, 0) is 4.74 Å². The Morgan fingerprint density at radius 1 is 1.17 bits per heavy atom. The van der Waals surface area contributed by atoms with Crippen molar-refractivity contribution < 1.29 is 14.3 Å². The summed E-state index contributed by atoms with van der Waals surface area (Å²) in [5, 5.41) is 7.31. The SMILES string of the molecule is COC(=O)c1cccc(NC(=S)N/N=C/c2ccccc2OC)c1. The highest BCUT2D eigenvalue weighted by Gasteiger charge is 2.06. The molecule has 2 aromatic carbocycles. The average Bonchev–Trinajstić information content (AvgIpc) is 2.61. The third-order valence-corrected chi connectivity index (χ3v) is 3.24. The van der Waals surface area contributed by atoms with Gasteiger partial charge in [0.2, 0.25) is 0 Å². The molecule has 0 spiro atoms. The molecule has 0 aliphatic heterocycles. The van der Waals surface area contributed by atoms with Crippen LogP contribution in [-0.4, -0.2) is 31.5 Å². The number of carbonyl (C=O) groups excluding carboxylic acids is 1. The minimum atomic E-state index is -0.410. The monoisotopic (exact) mass is 343 g/mol.